The molecule has 24 heavy (non-hydrogen) atoms. The molecule has 0 aromatic heterocycles. The van der Waals surface area contributed by atoms with E-state index in [2.05, 4.69) is 38.6 Å². The highest BCUT2D eigenvalue weighted by molar-refractivity contribution is 7.96. The molecule has 0 spiro atoms. The van der Waals surface area contributed by atoms with Gasteiger partial charge in [0.15, 0.2) is 5.12 Å². The maximum Gasteiger partial charge on any atom is 0.189 e. The van der Waals surface area contributed by atoms with E-state index in [-0.39, 0.29) is 11.0 Å². The Labute approximate surface area is 155 Å². The van der Waals surface area contributed by atoms with Crippen molar-refractivity contribution in [2.24, 2.45) is 11.8 Å². The van der Waals surface area contributed by atoms with Crippen molar-refractivity contribution in [1.29, 1.82) is 0 Å². The second-order valence-electron chi connectivity index (χ2n) is 7.16. The van der Waals surface area contributed by atoms with E-state index in [1.165, 1.54) is 63.4 Å². The van der Waals surface area contributed by atoms with Gasteiger partial charge in [-0.05, 0) is 30.7 Å². The van der Waals surface area contributed by atoms with Crippen LogP contribution in [0.3, 0.4) is 0 Å². The van der Waals surface area contributed by atoms with Crippen molar-refractivity contribution in [2.75, 3.05) is 0 Å². The van der Waals surface area contributed by atoms with Crippen LogP contribution in [0.15, 0.2) is 30.3 Å². The van der Waals surface area contributed by atoms with Gasteiger partial charge in [0, 0.05) is 5.92 Å². The van der Waals surface area contributed by atoms with Gasteiger partial charge in [0.1, 0.15) is 0 Å². The molecular formula is C22H36OS. The topological polar surface area (TPSA) is 17.1 Å². The van der Waals surface area contributed by atoms with Crippen LogP contribution in [0.25, 0.3) is 0 Å². The van der Waals surface area contributed by atoms with Gasteiger partial charge >= 0.3 is 0 Å². The van der Waals surface area contributed by atoms with Gasteiger partial charge in [0.05, 0.1) is 0 Å². The molecule has 0 saturated carbocycles. The molecule has 0 aliphatic heterocycles. The number of unbranched alkanes of at least 4 members (excludes halogenated alkanes) is 4. The first-order chi connectivity index (χ1) is 11.7. The fourth-order valence-corrected chi connectivity index (χ4v) is 3.65. The molecule has 0 radical (unpaired) electrons. The number of hydrogen-bond acceptors (Lipinski definition) is 1. The Morgan fingerprint density at radius 3 is 2.17 bits per heavy atom. The molecule has 0 fully saturated rings. The lowest BCUT2D eigenvalue weighted by Gasteiger charge is -2.20. The number of rotatable bonds is 14. The Hall–Kier alpha value is -0.760. The number of carbonyl (C=O) groups excluding carboxylic acids is 1. The minimum absolute atomic E-state index is 0.0547. The monoisotopic (exact) mass is 348 g/mol. The predicted molar refractivity (Wildman–Crippen MR) is 109 cm³/mol. The molecule has 2 unspecified atom stereocenters. The molecule has 0 bridgehead atoms. The van der Waals surface area contributed by atoms with Gasteiger partial charge in [-0.2, -0.15) is 0 Å². The molecular weight excluding hydrogens is 312 g/mol. The van der Waals surface area contributed by atoms with Crippen molar-refractivity contribution >= 4 is 17.7 Å². The van der Waals surface area contributed by atoms with Crippen molar-refractivity contribution in [3.63, 3.8) is 0 Å². The number of benzene rings is 1. The summed E-state index contributed by atoms with van der Waals surface area (Å²) < 4.78 is 0. The second kappa shape index (κ2) is 13.5. The van der Waals surface area contributed by atoms with Gasteiger partial charge in [-0.1, -0.05) is 95.5 Å². The van der Waals surface area contributed by atoms with Crippen LogP contribution in [0.1, 0.15) is 83.6 Å². The van der Waals surface area contributed by atoms with Gasteiger partial charge in [-0.15, -0.1) is 12.6 Å². The highest BCUT2D eigenvalue weighted by Gasteiger charge is 2.18. The molecule has 0 aliphatic carbocycles. The van der Waals surface area contributed by atoms with Crippen molar-refractivity contribution in [2.45, 2.75) is 84.5 Å². The van der Waals surface area contributed by atoms with E-state index in [0.717, 1.165) is 18.8 Å². The van der Waals surface area contributed by atoms with Gasteiger partial charge in [0.2, 0.25) is 0 Å². The summed E-state index contributed by atoms with van der Waals surface area (Å²) in [4.78, 5) is 11.9. The maximum absolute atomic E-state index is 11.9. The van der Waals surface area contributed by atoms with Gasteiger partial charge in [-0.25, -0.2) is 0 Å². The molecule has 1 aromatic rings. The minimum atomic E-state index is 0.0547. The first-order valence-corrected chi connectivity index (χ1v) is 10.4. The van der Waals surface area contributed by atoms with Crippen LogP contribution in [0.4, 0.5) is 0 Å². The Bertz CT molecular complexity index is 429. The third-order valence-corrected chi connectivity index (χ3v) is 5.39. The van der Waals surface area contributed by atoms with Crippen LogP contribution in [0.5, 0.6) is 0 Å². The van der Waals surface area contributed by atoms with E-state index in [0.29, 0.717) is 0 Å². The van der Waals surface area contributed by atoms with Gasteiger partial charge < -0.3 is 0 Å². The highest BCUT2D eigenvalue weighted by atomic mass is 32.1. The van der Waals surface area contributed by atoms with Crippen LogP contribution in [-0.4, -0.2) is 5.12 Å². The first kappa shape index (κ1) is 21.3. The quantitative estimate of drug-likeness (QED) is 0.287. The summed E-state index contributed by atoms with van der Waals surface area (Å²) in [5, 5.41) is 0.0547. The highest BCUT2D eigenvalue weighted by Crippen LogP contribution is 2.26. The lowest BCUT2D eigenvalue weighted by molar-refractivity contribution is -0.114. The molecule has 1 rings (SSSR count). The predicted octanol–water partition coefficient (Wildman–Crippen LogP) is 6.86. The second-order valence-corrected chi connectivity index (χ2v) is 7.60. The average Bonchev–Trinajstić information content (AvgIpc) is 2.59. The molecule has 0 N–H and O–H groups in total. The largest absolute Gasteiger partial charge is 0.287 e. The average molecular weight is 349 g/mol. The molecule has 1 nitrogen and oxygen atoms in total. The maximum atomic E-state index is 11.9. The molecule has 2 heteroatoms. The lowest BCUT2D eigenvalue weighted by Crippen LogP contribution is -2.14. The Morgan fingerprint density at radius 2 is 1.54 bits per heavy atom. The Morgan fingerprint density at radius 1 is 0.875 bits per heavy atom. The van der Waals surface area contributed by atoms with E-state index in [9.17, 15) is 4.79 Å². The smallest absolute Gasteiger partial charge is 0.189 e. The molecule has 1 aromatic carbocycles. The van der Waals surface area contributed by atoms with E-state index >= 15 is 0 Å². The van der Waals surface area contributed by atoms with Crippen LogP contribution >= 0.6 is 12.6 Å². The number of thiol groups is 1. The van der Waals surface area contributed by atoms with Crippen LogP contribution < -0.4 is 0 Å². The van der Waals surface area contributed by atoms with Crippen molar-refractivity contribution in [1.82, 2.24) is 0 Å². The third kappa shape index (κ3) is 9.52. The van der Waals surface area contributed by atoms with Gasteiger partial charge in [-0.3, -0.25) is 4.79 Å². The zero-order valence-corrected chi connectivity index (χ0v) is 16.6. The summed E-state index contributed by atoms with van der Waals surface area (Å²) in [6.45, 7) is 4.53. The molecule has 0 saturated heterocycles. The summed E-state index contributed by atoms with van der Waals surface area (Å²) in [7, 11) is 0. The third-order valence-electron chi connectivity index (χ3n) is 5.03. The Kier molecular flexibility index (Phi) is 12.0. The first-order valence-electron chi connectivity index (χ1n) is 9.94. The van der Waals surface area contributed by atoms with Crippen LogP contribution in [-0.2, 0) is 11.2 Å². The zero-order chi connectivity index (χ0) is 17.6. The SMILES string of the molecule is CCCCCCC(CCCC)CCC(Cc1ccccc1)C(=O)S. The molecule has 0 aliphatic rings. The van der Waals surface area contributed by atoms with Gasteiger partial charge in [0.25, 0.3) is 0 Å². The van der Waals surface area contributed by atoms with Crippen LogP contribution in [0.2, 0.25) is 0 Å². The molecule has 136 valence electrons. The van der Waals surface area contributed by atoms with E-state index in [4.69, 9.17) is 0 Å². The van der Waals surface area contributed by atoms with Crippen molar-refractivity contribution in [3.8, 4) is 0 Å². The number of carbonyl (C=O) groups is 1. The molecule has 2 atom stereocenters. The lowest BCUT2D eigenvalue weighted by atomic mass is 9.86. The number of hydrogen-bond donors (Lipinski definition) is 1. The fourth-order valence-electron chi connectivity index (χ4n) is 3.43. The van der Waals surface area contributed by atoms with E-state index in [1.807, 2.05) is 18.2 Å². The van der Waals surface area contributed by atoms with Crippen molar-refractivity contribution in [3.05, 3.63) is 35.9 Å². The fraction of sp³-hybridized carbons (Fsp3) is 0.682. The molecule has 0 amide bonds. The zero-order valence-electron chi connectivity index (χ0n) is 15.7. The van der Waals surface area contributed by atoms with Crippen LogP contribution in [0, 0.1) is 11.8 Å². The summed E-state index contributed by atoms with van der Waals surface area (Å²) in [5.41, 5.74) is 1.25. The summed E-state index contributed by atoms with van der Waals surface area (Å²) in [6.07, 6.45) is 13.6. The summed E-state index contributed by atoms with van der Waals surface area (Å²) >= 11 is 4.16. The van der Waals surface area contributed by atoms with E-state index in [1.54, 1.807) is 0 Å². The minimum Gasteiger partial charge on any atom is -0.287 e. The Balaban J connectivity index is 2.48. The summed E-state index contributed by atoms with van der Waals surface area (Å²) in [6, 6.07) is 10.4. The standard InChI is InChI=1S/C22H36OS/c1-3-5-7-9-13-19(12-6-4-2)16-17-21(22(23)24)18-20-14-10-8-11-15-20/h8,10-11,14-15,19,21H,3-7,9,12-13,16-18H2,1-2H3,(H,23,24). The van der Waals surface area contributed by atoms with E-state index < -0.39 is 0 Å². The van der Waals surface area contributed by atoms with Crippen molar-refractivity contribution < 1.29 is 4.79 Å². The normalized spacial score (nSPS) is 13.6. The molecule has 0 heterocycles. The summed E-state index contributed by atoms with van der Waals surface area (Å²) in [5.74, 6) is 0.850.